The van der Waals surface area contributed by atoms with E-state index in [1.807, 2.05) is 12.1 Å². The fraction of sp³-hybridized carbons (Fsp3) is 0.0714. The zero-order valence-electron chi connectivity index (χ0n) is 10.5. The Morgan fingerprint density at radius 1 is 1.05 bits per heavy atom. The number of rotatable bonds is 5. The van der Waals surface area contributed by atoms with Gasteiger partial charge in [-0.25, -0.2) is 10.2 Å². The zero-order chi connectivity index (χ0) is 14.4. The normalized spacial score (nSPS) is 10.0. The van der Waals surface area contributed by atoms with Gasteiger partial charge in [0.2, 0.25) is 0 Å². The van der Waals surface area contributed by atoms with E-state index in [0.29, 0.717) is 6.54 Å². The van der Waals surface area contributed by atoms with Crippen LogP contribution >= 0.6 is 0 Å². The number of pyridine rings is 1. The Kier molecular flexibility index (Phi) is 4.41. The smallest absolute Gasteiger partial charge is 0.336 e. The van der Waals surface area contributed by atoms with E-state index in [2.05, 4.69) is 15.8 Å². The molecular weight excluding hydrogens is 258 g/mol. The largest absolute Gasteiger partial charge is 0.478 e. The van der Waals surface area contributed by atoms with E-state index in [0.717, 1.165) is 5.56 Å². The van der Waals surface area contributed by atoms with Crippen molar-refractivity contribution in [2.75, 3.05) is 0 Å². The molecule has 0 bridgehead atoms. The summed E-state index contributed by atoms with van der Waals surface area (Å²) in [7, 11) is 0. The van der Waals surface area contributed by atoms with Gasteiger partial charge in [0.05, 0.1) is 11.1 Å². The molecule has 20 heavy (non-hydrogen) atoms. The van der Waals surface area contributed by atoms with Crippen LogP contribution in [0.25, 0.3) is 0 Å². The van der Waals surface area contributed by atoms with E-state index >= 15 is 0 Å². The van der Waals surface area contributed by atoms with E-state index in [1.54, 1.807) is 24.5 Å². The minimum Gasteiger partial charge on any atom is -0.478 e. The summed E-state index contributed by atoms with van der Waals surface area (Å²) in [5, 5.41) is 9.01. The van der Waals surface area contributed by atoms with Gasteiger partial charge in [-0.3, -0.25) is 15.2 Å². The summed E-state index contributed by atoms with van der Waals surface area (Å²) in [6, 6.07) is 9.66. The Morgan fingerprint density at radius 2 is 1.70 bits per heavy atom. The van der Waals surface area contributed by atoms with Crippen LogP contribution in [-0.4, -0.2) is 22.0 Å². The van der Waals surface area contributed by atoms with Crippen molar-refractivity contribution in [1.82, 2.24) is 15.8 Å². The van der Waals surface area contributed by atoms with Crippen LogP contribution in [-0.2, 0) is 6.54 Å². The molecule has 1 heterocycles. The quantitative estimate of drug-likeness (QED) is 0.711. The number of carbonyl (C=O) groups is 2. The van der Waals surface area contributed by atoms with Gasteiger partial charge in [-0.1, -0.05) is 12.1 Å². The molecular formula is C14H13N3O3. The van der Waals surface area contributed by atoms with Crippen LogP contribution in [0.2, 0.25) is 0 Å². The number of aromatic carboxylic acids is 1. The van der Waals surface area contributed by atoms with Crippen molar-refractivity contribution in [3.63, 3.8) is 0 Å². The number of amides is 1. The fourth-order valence-electron chi connectivity index (χ4n) is 1.66. The third-order valence-electron chi connectivity index (χ3n) is 2.65. The molecule has 2 rings (SSSR count). The van der Waals surface area contributed by atoms with Crippen LogP contribution in [0, 0.1) is 0 Å². The van der Waals surface area contributed by atoms with Crippen LogP contribution in [0.1, 0.15) is 26.3 Å². The monoisotopic (exact) mass is 271 g/mol. The average Bonchev–Trinajstić information content (AvgIpc) is 2.48. The molecule has 0 atom stereocenters. The van der Waals surface area contributed by atoms with Gasteiger partial charge in [-0.2, -0.15) is 0 Å². The van der Waals surface area contributed by atoms with Crippen molar-refractivity contribution in [2.24, 2.45) is 0 Å². The average molecular weight is 271 g/mol. The number of hydrogen-bond donors (Lipinski definition) is 3. The summed E-state index contributed by atoms with van der Waals surface area (Å²) >= 11 is 0. The first kappa shape index (κ1) is 13.7. The Balaban J connectivity index is 1.97. The van der Waals surface area contributed by atoms with Gasteiger partial charge < -0.3 is 5.11 Å². The molecule has 0 aliphatic heterocycles. The van der Waals surface area contributed by atoms with Crippen LogP contribution < -0.4 is 10.9 Å². The third-order valence-corrected chi connectivity index (χ3v) is 2.65. The van der Waals surface area contributed by atoms with Crippen molar-refractivity contribution < 1.29 is 14.7 Å². The molecule has 0 fully saturated rings. The number of aromatic nitrogens is 1. The number of nitrogens with one attached hydrogen (secondary N) is 2. The number of benzene rings is 1. The molecule has 1 aromatic carbocycles. The molecule has 102 valence electrons. The van der Waals surface area contributed by atoms with Crippen molar-refractivity contribution in [2.45, 2.75) is 6.54 Å². The first-order valence-electron chi connectivity index (χ1n) is 5.93. The van der Waals surface area contributed by atoms with E-state index in [-0.39, 0.29) is 11.1 Å². The Hall–Kier alpha value is -2.73. The van der Waals surface area contributed by atoms with Crippen molar-refractivity contribution >= 4 is 11.9 Å². The number of hydrogen-bond acceptors (Lipinski definition) is 4. The van der Waals surface area contributed by atoms with Crippen LogP contribution in [0.15, 0.2) is 48.8 Å². The van der Waals surface area contributed by atoms with Crippen LogP contribution in [0.5, 0.6) is 0 Å². The molecule has 1 amide bonds. The molecule has 0 aliphatic carbocycles. The number of carbonyl (C=O) groups excluding carboxylic acids is 1. The summed E-state index contributed by atoms with van der Waals surface area (Å²) in [6.45, 7) is 0.420. The lowest BCUT2D eigenvalue weighted by molar-refractivity contribution is 0.0690. The van der Waals surface area contributed by atoms with E-state index in [1.165, 1.54) is 12.1 Å². The molecule has 1 aromatic heterocycles. The first-order chi connectivity index (χ1) is 9.68. The number of carboxylic acids is 1. The highest BCUT2D eigenvalue weighted by Crippen LogP contribution is 2.08. The second-order valence-electron chi connectivity index (χ2n) is 4.01. The molecule has 0 aliphatic rings. The van der Waals surface area contributed by atoms with E-state index < -0.39 is 11.9 Å². The van der Waals surface area contributed by atoms with Gasteiger partial charge in [0.15, 0.2) is 0 Å². The standard InChI is InChI=1S/C14H13N3O3/c18-13(11-3-1-2-4-12(11)14(19)20)17-16-9-10-5-7-15-8-6-10/h1-8,16H,9H2,(H,17,18)(H,19,20). The fourth-order valence-corrected chi connectivity index (χ4v) is 1.66. The van der Waals surface area contributed by atoms with Gasteiger partial charge in [-0.15, -0.1) is 0 Å². The van der Waals surface area contributed by atoms with Gasteiger partial charge in [0.25, 0.3) is 5.91 Å². The maximum absolute atomic E-state index is 11.9. The second-order valence-corrected chi connectivity index (χ2v) is 4.01. The Morgan fingerprint density at radius 3 is 2.35 bits per heavy atom. The molecule has 6 heteroatoms. The van der Waals surface area contributed by atoms with Gasteiger partial charge in [-0.05, 0) is 29.8 Å². The van der Waals surface area contributed by atoms with Crippen molar-refractivity contribution in [1.29, 1.82) is 0 Å². The van der Waals surface area contributed by atoms with E-state index in [9.17, 15) is 9.59 Å². The van der Waals surface area contributed by atoms with Crippen LogP contribution in [0.4, 0.5) is 0 Å². The van der Waals surface area contributed by atoms with Gasteiger partial charge in [0, 0.05) is 18.9 Å². The summed E-state index contributed by atoms with van der Waals surface area (Å²) in [6.07, 6.45) is 3.30. The topological polar surface area (TPSA) is 91.3 Å². The van der Waals surface area contributed by atoms with Gasteiger partial charge >= 0.3 is 5.97 Å². The zero-order valence-corrected chi connectivity index (χ0v) is 10.5. The lowest BCUT2D eigenvalue weighted by Gasteiger charge is -2.09. The highest BCUT2D eigenvalue weighted by atomic mass is 16.4. The maximum Gasteiger partial charge on any atom is 0.336 e. The van der Waals surface area contributed by atoms with Crippen LogP contribution in [0.3, 0.4) is 0 Å². The molecule has 3 N–H and O–H groups in total. The summed E-state index contributed by atoms with van der Waals surface area (Å²) in [5.74, 6) is -1.62. The van der Waals surface area contributed by atoms with Gasteiger partial charge in [0.1, 0.15) is 0 Å². The minimum atomic E-state index is -1.13. The molecule has 6 nitrogen and oxygen atoms in total. The Labute approximate surface area is 115 Å². The summed E-state index contributed by atoms with van der Waals surface area (Å²) in [4.78, 5) is 26.8. The number of carboxylic acid groups (broad SMARTS) is 1. The predicted molar refractivity (Wildman–Crippen MR) is 71.9 cm³/mol. The molecule has 0 saturated heterocycles. The SMILES string of the molecule is O=C(O)c1ccccc1C(=O)NNCc1ccncc1. The first-order valence-corrected chi connectivity index (χ1v) is 5.93. The molecule has 0 unspecified atom stereocenters. The lowest BCUT2D eigenvalue weighted by Crippen LogP contribution is -2.37. The highest BCUT2D eigenvalue weighted by molar-refractivity contribution is 6.04. The maximum atomic E-state index is 11.9. The van der Waals surface area contributed by atoms with E-state index in [4.69, 9.17) is 5.11 Å². The lowest BCUT2D eigenvalue weighted by atomic mass is 10.1. The molecule has 2 aromatic rings. The Bertz CT molecular complexity index is 614. The molecule has 0 spiro atoms. The second kappa shape index (κ2) is 6.44. The predicted octanol–water partition coefficient (Wildman–Crippen LogP) is 1.21. The summed E-state index contributed by atoms with van der Waals surface area (Å²) < 4.78 is 0. The number of nitrogens with zero attached hydrogens (tertiary/aromatic N) is 1. The highest BCUT2D eigenvalue weighted by Gasteiger charge is 2.15. The molecule has 0 radical (unpaired) electrons. The number of hydrazine groups is 1. The molecule has 0 saturated carbocycles. The third kappa shape index (κ3) is 3.39. The van der Waals surface area contributed by atoms with Crippen molar-refractivity contribution in [3.05, 3.63) is 65.5 Å². The minimum absolute atomic E-state index is 0.0317. The van der Waals surface area contributed by atoms with Crippen molar-refractivity contribution in [3.8, 4) is 0 Å². The summed E-state index contributed by atoms with van der Waals surface area (Å²) in [5.41, 5.74) is 6.25.